The Morgan fingerprint density at radius 1 is 0.618 bits per heavy atom. The smallest absolute Gasteiger partial charge is 0.0410 e. The maximum absolute atomic E-state index is 3.83. The van der Waals surface area contributed by atoms with Gasteiger partial charge in [-0.15, -0.1) is 0 Å². The second kappa shape index (κ2) is 8.11. The SMILES string of the molecule is CC1C2=C(CCc3ccccc3C#C2)C(C)C2=C1C(C)C1=C(NCc3ccccc3C#C1)C2C. The minimum absolute atomic E-state index is 0.303. The van der Waals surface area contributed by atoms with Gasteiger partial charge in [0.2, 0.25) is 0 Å². The van der Waals surface area contributed by atoms with Crippen molar-refractivity contribution in [1.29, 1.82) is 0 Å². The van der Waals surface area contributed by atoms with Gasteiger partial charge >= 0.3 is 0 Å². The van der Waals surface area contributed by atoms with Crippen molar-refractivity contribution in [2.45, 2.75) is 47.1 Å². The lowest BCUT2D eigenvalue weighted by Gasteiger charge is -2.44. The van der Waals surface area contributed by atoms with E-state index in [1.165, 1.54) is 33.5 Å². The molecule has 4 aliphatic rings. The zero-order valence-electron chi connectivity index (χ0n) is 20.5. The van der Waals surface area contributed by atoms with Gasteiger partial charge in [-0.25, -0.2) is 0 Å². The largest absolute Gasteiger partial charge is 0.383 e. The van der Waals surface area contributed by atoms with Crippen LogP contribution in [-0.4, -0.2) is 0 Å². The monoisotopic (exact) mass is 441 g/mol. The maximum Gasteiger partial charge on any atom is 0.0410 e. The highest BCUT2D eigenvalue weighted by Gasteiger charge is 2.41. The Hall–Kier alpha value is -3.42. The van der Waals surface area contributed by atoms with Crippen LogP contribution in [0.1, 0.15) is 56.4 Å². The van der Waals surface area contributed by atoms with Crippen LogP contribution in [-0.2, 0) is 13.0 Å². The number of rotatable bonds is 0. The molecule has 1 N–H and O–H groups in total. The second-order valence-electron chi connectivity index (χ2n) is 10.2. The van der Waals surface area contributed by atoms with Crippen LogP contribution < -0.4 is 5.32 Å². The molecular weight excluding hydrogens is 410 g/mol. The zero-order valence-corrected chi connectivity index (χ0v) is 20.5. The number of benzene rings is 2. The second-order valence-corrected chi connectivity index (χ2v) is 10.2. The van der Waals surface area contributed by atoms with Crippen LogP contribution >= 0.6 is 0 Å². The molecule has 1 heterocycles. The predicted molar refractivity (Wildman–Crippen MR) is 140 cm³/mol. The molecule has 1 heteroatoms. The number of hydrogen-bond acceptors (Lipinski definition) is 1. The average Bonchev–Trinajstić information content (AvgIpc) is 2.81. The van der Waals surface area contributed by atoms with Gasteiger partial charge in [-0.05, 0) is 36.1 Å². The third-order valence-electron chi connectivity index (χ3n) is 8.49. The third kappa shape index (κ3) is 3.19. The molecule has 0 spiro atoms. The van der Waals surface area contributed by atoms with Crippen molar-refractivity contribution >= 4 is 0 Å². The predicted octanol–water partition coefficient (Wildman–Crippen LogP) is 6.56. The van der Waals surface area contributed by atoms with Crippen LogP contribution in [0.15, 0.2) is 82.1 Å². The molecule has 0 bridgehead atoms. The van der Waals surface area contributed by atoms with E-state index >= 15 is 0 Å². The van der Waals surface area contributed by atoms with Crippen LogP contribution in [0, 0.1) is 47.4 Å². The Kier molecular flexibility index (Phi) is 5.04. The molecule has 6 rings (SSSR count). The fourth-order valence-electron chi connectivity index (χ4n) is 6.73. The molecular formula is C33H31N. The summed E-state index contributed by atoms with van der Waals surface area (Å²) in [5, 5.41) is 3.83. The summed E-state index contributed by atoms with van der Waals surface area (Å²) in [6.07, 6.45) is 2.17. The van der Waals surface area contributed by atoms with Crippen LogP contribution in [0.3, 0.4) is 0 Å². The molecule has 0 saturated carbocycles. The molecule has 1 nitrogen and oxygen atoms in total. The molecule has 0 fully saturated rings. The highest BCUT2D eigenvalue weighted by molar-refractivity contribution is 5.60. The number of aryl methyl sites for hydroxylation is 1. The highest BCUT2D eigenvalue weighted by Crippen LogP contribution is 2.51. The standard InChI is InChI=1S/C33H31N/c1-20-28-16-13-24-9-5-6-10-25(24)14-17-29(28)21(2)32-23(4)33-30(22(3)31(20)32)18-15-26-11-7-8-12-27(26)19-34-33/h5-12,20-23,34H,14,17,19H2,1-4H3. The minimum Gasteiger partial charge on any atom is -0.383 e. The fourth-order valence-corrected chi connectivity index (χ4v) is 6.73. The van der Waals surface area contributed by atoms with Crippen LogP contribution in [0.5, 0.6) is 0 Å². The van der Waals surface area contributed by atoms with E-state index in [9.17, 15) is 0 Å². The molecule has 168 valence electrons. The van der Waals surface area contributed by atoms with Crippen molar-refractivity contribution in [2.24, 2.45) is 23.7 Å². The first-order chi connectivity index (χ1) is 16.5. The fraction of sp³-hybridized carbons (Fsp3) is 0.333. The summed E-state index contributed by atoms with van der Waals surface area (Å²) in [4.78, 5) is 0. The molecule has 1 aliphatic heterocycles. The first kappa shape index (κ1) is 21.1. The summed E-state index contributed by atoms with van der Waals surface area (Å²) >= 11 is 0. The normalized spacial score (nSPS) is 26.9. The molecule has 0 amide bonds. The van der Waals surface area contributed by atoms with Crippen molar-refractivity contribution in [1.82, 2.24) is 5.32 Å². The summed E-state index contributed by atoms with van der Waals surface area (Å²) in [5.74, 6) is 15.7. The van der Waals surface area contributed by atoms with E-state index in [1.807, 2.05) is 0 Å². The first-order valence-corrected chi connectivity index (χ1v) is 12.7. The molecule has 2 aromatic rings. The molecule has 0 saturated heterocycles. The minimum atomic E-state index is 0.303. The van der Waals surface area contributed by atoms with Crippen molar-refractivity contribution < 1.29 is 0 Å². The van der Waals surface area contributed by atoms with E-state index in [1.54, 1.807) is 16.7 Å². The number of nitrogens with one attached hydrogen (secondary N) is 1. The number of fused-ring (bicyclic) bond motifs is 2. The molecule has 3 aliphatic carbocycles. The summed E-state index contributed by atoms with van der Waals surface area (Å²) in [5.41, 5.74) is 13.7. The molecule has 0 aromatic heterocycles. The van der Waals surface area contributed by atoms with Gasteiger partial charge < -0.3 is 5.32 Å². The lowest BCUT2D eigenvalue weighted by molar-refractivity contribution is 0.489. The van der Waals surface area contributed by atoms with Gasteiger partial charge in [0.25, 0.3) is 0 Å². The van der Waals surface area contributed by atoms with Gasteiger partial charge in [0, 0.05) is 58.2 Å². The summed E-state index contributed by atoms with van der Waals surface area (Å²) in [6, 6.07) is 17.2. The Labute approximate surface area is 204 Å². The summed E-state index contributed by atoms with van der Waals surface area (Å²) in [7, 11) is 0. The highest BCUT2D eigenvalue weighted by atomic mass is 14.9. The van der Waals surface area contributed by atoms with Gasteiger partial charge in [-0.3, -0.25) is 0 Å². The summed E-state index contributed by atoms with van der Waals surface area (Å²) < 4.78 is 0. The van der Waals surface area contributed by atoms with Gasteiger partial charge in [-0.2, -0.15) is 0 Å². The van der Waals surface area contributed by atoms with Crippen molar-refractivity contribution in [3.63, 3.8) is 0 Å². The Morgan fingerprint density at radius 2 is 1.21 bits per heavy atom. The molecule has 0 radical (unpaired) electrons. The van der Waals surface area contributed by atoms with E-state index in [4.69, 9.17) is 0 Å². The molecule has 34 heavy (non-hydrogen) atoms. The van der Waals surface area contributed by atoms with Crippen LogP contribution in [0.25, 0.3) is 0 Å². The quantitative estimate of drug-likeness (QED) is 0.361. The van der Waals surface area contributed by atoms with Gasteiger partial charge in [0.1, 0.15) is 0 Å². The number of hydrogen-bond donors (Lipinski definition) is 1. The summed E-state index contributed by atoms with van der Waals surface area (Å²) in [6.45, 7) is 10.4. The van der Waals surface area contributed by atoms with Crippen LogP contribution in [0.4, 0.5) is 0 Å². The Balaban J connectivity index is 1.44. The van der Waals surface area contributed by atoms with Crippen LogP contribution in [0.2, 0.25) is 0 Å². The van der Waals surface area contributed by atoms with Gasteiger partial charge in [-0.1, -0.05) is 104 Å². The Morgan fingerprint density at radius 3 is 1.97 bits per heavy atom. The van der Waals surface area contributed by atoms with Gasteiger partial charge in [0.05, 0.1) is 0 Å². The lowest BCUT2D eigenvalue weighted by atomic mass is 9.61. The zero-order chi connectivity index (χ0) is 23.4. The Bertz CT molecular complexity index is 1310. The van der Waals surface area contributed by atoms with E-state index in [2.05, 4.69) is 105 Å². The number of allylic oxidation sites excluding steroid dienone is 5. The van der Waals surface area contributed by atoms with Gasteiger partial charge in [0.15, 0.2) is 0 Å². The maximum atomic E-state index is 3.83. The van der Waals surface area contributed by atoms with E-state index < -0.39 is 0 Å². The molecule has 4 unspecified atom stereocenters. The molecule has 2 aromatic carbocycles. The van der Waals surface area contributed by atoms with Crippen molar-refractivity contribution in [3.05, 3.63) is 104 Å². The van der Waals surface area contributed by atoms with E-state index in [-0.39, 0.29) is 0 Å². The lowest BCUT2D eigenvalue weighted by Crippen LogP contribution is -2.36. The van der Waals surface area contributed by atoms with Crippen molar-refractivity contribution in [2.75, 3.05) is 0 Å². The van der Waals surface area contributed by atoms with E-state index in [0.717, 1.165) is 24.9 Å². The van der Waals surface area contributed by atoms with Crippen molar-refractivity contribution in [3.8, 4) is 23.7 Å². The third-order valence-corrected chi connectivity index (χ3v) is 8.49. The average molecular weight is 442 g/mol. The first-order valence-electron chi connectivity index (χ1n) is 12.7. The topological polar surface area (TPSA) is 12.0 Å². The van der Waals surface area contributed by atoms with E-state index in [0.29, 0.717) is 23.7 Å². The molecule has 4 atom stereocenters.